The van der Waals surface area contributed by atoms with E-state index >= 15 is 0 Å². The van der Waals surface area contributed by atoms with Gasteiger partial charge >= 0.3 is 0 Å². The van der Waals surface area contributed by atoms with Crippen LogP contribution in [0.1, 0.15) is 27.6 Å². The molecule has 2 aromatic rings. The van der Waals surface area contributed by atoms with E-state index in [0.29, 0.717) is 18.9 Å². The predicted octanol–water partition coefficient (Wildman–Crippen LogP) is 2.79. The lowest BCUT2D eigenvalue weighted by molar-refractivity contribution is 0.0199. The van der Waals surface area contributed by atoms with Gasteiger partial charge in [-0.2, -0.15) is 0 Å². The normalized spacial score (nSPS) is 16.3. The quantitative estimate of drug-likeness (QED) is 0.938. The lowest BCUT2D eigenvalue weighted by Crippen LogP contribution is -2.33. The zero-order valence-electron chi connectivity index (χ0n) is 13.9. The molecular weight excluding hydrogens is 306 g/mol. The second kappa shape index (κ2) is 6.93. The molecule has 5 heteroatoms. The molecule has 0 spiro atoms. The van der Waals surface area contributed by atoms with Gasteiger partial charge in [0.1, 0.15) is 17.6 Å². The van der Waals surface area contributed by atoms with Crippen molar-refractivity contribution in [2.75, 3.05) is 27.3 Å². The van der Waals surface area contributed by atoms with Crippen LogP contribution < -0.4 is 4.74 Å². The van der Waals surface area contributed by atoms with Crippen molar-refractivity contribution >= 4 is 5.91 Å². The minimum Gasteiger partial charge on any atom is -0.507 e. The van der Waals surface area contributed by atoms with Gasteiger partial charge in [-0.3, -0.25) is 4.79 Å². The number of hydrogen-bond donors (Lipinski definition) is 1. The van der Waals surface area contributed by atoms with Gasteiger partial charge in [-0.15, -0.1) is 0 Å². The molecule has 5 nitrogen and oxygen atoms in total. The molecule has 0 saturated heterocycles. The molecule has 1 aliphatic rings. The highest BCUT2D eigenvalue weighted by Crippen LogP contribution is 2.29. The molecule has 2 aromatic carbocycles. The zero-order valence-corrected chi connectivity index (χ0v) is 13.9. The van der Waals surface area contributed by atoms with E-state index in [0.717, 1.165) is 12.0 Å². The number of likely N-dealkylation sites (N-methyl/N-ethyl adjacent to an activating group) is 1. The summed E-state index contributed by atoms with van der Waals surface area (Å²) in [6, 6.07) is 12.8. The molecule has 3 rings (SSSR count). The number of carbonyl (C=O) groups is 1. The average molecular weight is 327 g/mol. The number of methoxy groups -OCH3 is 1. The first-order chi connectivity index (χ1) is 11.6. The molecule has 1 N–H and O–H groups in total. The maximum absolute atomic E-state index is 12.6. The third-order valence-electron chi connectivity index (χ3n) is 4.31. The maximum atomic E-state index is 12.6. The third-order valence-corrected chi connectivity index (χ3v) is 4.31. The number of nitrogens with zero attached hydrogens (tertiary/aromatic N) is 1. The number of carbonyl (C=O) groups excluding carboxylic acids is 1. The Bertz CT molecular complexity index is 744. The van der Waals surface area contributed by atoms with E-state index in [1.165, 1.54) is 18.7 Å². The topological polar surface area (TPSA) is 59.0 Å². The number of phenolic OH excluding ortho intramolecular Hbond substituents is 1. The summed E-state index contributed by atoms with van der Waals surface area (Å²) < 4.78 is 10.9. The Hall–Kier alpha value is -2.53. The molecule has 1 atom stereocenters. The van der Waals surface area contributed by atoms with Crippen LogP contribution in [0.25, 0.3) is 0 Å². The summed E-state index contributed by atoms with van der Waals surface area (Å²) in [4.78, 5) is 14.2. The van der Waals surface area contributed by atoms with E-state index in [1.54, 1.807) is 24.1 Å². The number of benzene rings is 2. The van der Waals surface area contributed by atoms with Crippen molar-refractivity contribution in [3.05, 3.63) is 59.2 Å². The summed E-state index contributed by atoms with van der Waals surface area (Å²) in [5.41, 5.74) is 2.65. The summed E-state index contributed by atoms with van der Waals surface area (Å²) >= 11 is 0. The highest BCUT2D eigenvalue weighted by Gasteiger charge is 2.25. The molecule has 126 valence electrons. The van der Waals surface area contributed by atoms with Crippen LogP contribution >= 0.6 is 0 Å². The van der Waals surface area contributed by atoms with Gasteiger partial charge in [0.05, 0.1) is 25.8 Å². The molecule has 0 saturated carbocycles. The number of hydrogen-bond acceptors (Lipinski definition) is 4. The summed E-state index contributed by atoms with van der Waals surface area (Å²) in [7, 11) is 3.23. The van der Waals surface area contributed by atoms with Crippen LogP contribution in [-0.2, 0) is 11.2 Å². The van der Waals surface area contributed by atoms with Crippen LogP contribution in [0.2, 0.25) is 0 Å². The van der Waals surface area contributed by atoms with Crippen LogP contribution in [0.3, 0.4) is 0 Å². The Morgan fingerprint density at radius 3 is 2.88 bits per heavy atom. The van der Waals surface area contributed by atoms with Gasteiger partial charge in [0.2, 0.25) is 0 Å². The van der Waals surface area contributed by atoms with Crippen LogP contribution in [0, 0.1) is 0 Å². The van der Waals surface area contributed by atoms with Gasteiger partial charge in [-0.05, 0) is 29.7 Å². The molecule has 1 aliphatic heterocycles. The SMILES string of the molecule is COc1ccc(C(=O)N(C)CC2OCCc3ccccc32)c(O)c1. The lowest BCUT2D eigenvalue weighted by Gasteiger charge is -2.29. The van der Waals surface area contributed by atoms with Crippen molar-refractivity contribution in [2.24, 2.45) is 0 Å². The van der Waals surface area contributed by atoms with Crippen molar-refractivity contribution in [1.29, 1.82) is 0 Å². The second-order valence-corrected chi connectivity index (χ2v) is 5.88. The van der Waals surface area contributed by atoms with Crippen molar-refractivity contribution in [1.82, 2.24) is 4.90 Å². The van der Waals surface area contributed by atoms with Crippen LogP contribution in [-0.4, -0.2) is 43.2 Å². The Kier molecular flexibility index (Phi) is 4.71. The standard InChI is InChI=1S/C19H21NO4/c1-20(19(22)16-8-7-14(23-2)11-17(16)21)12-18-15-6-4-3-5-13(15)9-10-24-18/h3-8,11,18,21H,9-10,12H2,1-2H3. The molecular formula is C19H21NO4. The summed E-state index contributed by atoms with van der Waals surface area (Å²) in [5.74, 6) is 0.175. The number of fused-ring (bicyclic) bond motifs is 1. The first-order valence-corrected chi connectivity index (χ1v) is 7.92. The van der Waals surface area contributed by atoms with Gasteiger partial charge in [0.25, 0.3) is 5.91 Å². The molecule has 1 unspecified atom stereocenters. The maximum Gasteiger partial charge on any atom is 0.257 e. The summed E-state index contributed by atoms with van der Waals surface area (Å²) in [6.07, 6.45) is 0.744. The van der Waals surface area contributed by atoms with Crippen molar-refractivity contribution in [2.45, 2.75) is 12.5 Å². The number of aromatic hydroxyl groups is 1. The smallest absolute Gasteiger partial charge is 0.257 e. The van der Waals surface area contributed by atoms with Gasteiger partial charge < -0.3 is 19.5 Å². The fourth-order valence-corrected chi connectivity index (χ4v) is 2.98. The fourth-order valence-electron chi connectivity index (χ4n) is 2.98. The highest BCUT2D eigenvalue weighted by atomic mass is 16.5. The predicted molar refractivity (Wildman–Crippen MR) is 90.5 cm³/mol. The van der Waals surface area contributed by atoms with Crippen molar-refractivity contribution < 1.29 is 19.4 Å². The van der Waals surface area contributed by atoms with E-state index < -0.39 is 0 Å². The van der Waals surface area contributed by atoms with E-state index in [2.05, 4.69) is 6.07 Å². The van der Waals surface area contributed by atoms with Gasteiger partial charge in [0.15, 0.2) is 0 Å². The van der Waals surface area contributed by atoms with Crippen LogP contribution in [0.5, 0.6) is 11.5 Å². The number of phenols is 1. The Morgan fingerprint density at radius 2 is 2.12 bits per heavy atom. The molecule has 1 amide bonds. The minimum absolute atomic E-state index is 0.0869. The Morgan fingerprint density at radius 1 is 1.33 bits per heavy atom. The molecule has 0 aromatic heterocycles. The first kappa shape index (κ1) is 16.3. The third kappa shape index (κ3) is 3.21. The van der Waals surface area contributed by atoms with Gasteiger partial charge in [0, 0.05) is 13.1 Å². The average Bonchev–Trinajstić information content (AvgIpc) is 2.61. The Labute approximate surface area is 141 Å². The molecule has 1 heterocycles. The molecule has 0 bridgehead atoms. The lowest BCUT2D eigenvalue weighted by atomic mass is 9.97. The molecule has 0 fully saturated rings. The summed E-state index contributed by atoms with van der Waals surface area (Å²) in [5, 5.41) is 10.0. The minimum atomic E-state index is -0.248. The molecule has 0 aliphatic carbocycles. The molecule has 0 radical (unpaired) electrons. The van der Waals surface area contributed by atoms with E-state index in [9.17, 15) is 9.90 Å². The number of ether oxygens (including phenoxy) is 2. The van der Waals surface area contributed by atoms with E-state index in [1.807, 2.05) is 18.2 Å². The van der Waals surface area contributed by atoms with Crippen molar-refractivity contribution in [3.8, 4) is 11.5 Å². The Balaban J connectivity index is 1.76. The van der Waals surface area contributed by atoms with Gasteiger partial charge in [-0.25, -0.2) is 0 Å². The second-order valence-electron chi connectivity index (χ2n) is 5.88. The number of amides is 1. The highest BCUT2D eigenvalue weighted by molar-refractivity contribution is 5.96. The van der Waals surface area contributed by atoms with Crippen molar-refractivity contribution in [3.63, 3.8) is 0 Å². The van der Waals surface area contributed by atoms with Gasteiger partial charge in [-0.1, -0.05) is 24.3 Å². The monoisotopic (exact) mass is 327 g/mol. The summed E-state index contributed by atoms with van der Waals surface area (Å²) in [6.45, 7) is 1.08. The van der Waals surface area contributed by atoms with E-state index in [-0.39, 0.29) is 23.3 Å². The largest absolute Gasteiger partial charge is 0.507 e. The molecule has 24 heavy (non-hydrogen) atoms. The zero-order chi connectivity index (χ0) is 17.1. The number of rotatable bonds is 4. The first-order valence-electron chi connectivity index (χ1n) is 7.92. The fraction of sp³-hybridized carbons (Fsp3) is 0.316. The van der Waals surface area contributed by atoms with Crippen LogP contribution in [0.4, 0.5) is 0 Å². The van der Waals surface area contributed by atoms with E-state index in [4.69, 9.17) is 9.47 Å². The van der Waals surface area contributed by atoms with Crippen LogP contribution in [0.15, 0.2) is 42.5 Å².